The Balaban J connectivity index is 1.20. The molecule has 0 bridgehead atoms. The van der Waals surface area contributed by atoms with Crippen molar-refractivity contribution in [1.29, 1.82) is 0 Å². The number of aromatic nitrogens is 3. The van der Waals surface area contributed by atoms with Crippen LogP contribution in [0.3, 0.4) is 0 Å². The second-order valence-corrected chi connectivity index (χ2v) is 9.66. The minimum atomic E-state index is -0.779. The van der Waals surface area contributed by atoms with Crippen molar-refractivity contribution in [2.24, 2.45) is 0 Å². The number of nitrogens with one attached hydrogen (secondary N) is 3. The first-order valence-electron chi connectivity index (χ1n) is 12.9. The van der Waals surface area contributed by atoms with Gasteiger partial charge in [-0.3, -0.25) is 19.6 Å². The Morgan fingerprint density at radius 2 is 2.00 bits per heavy atom. The molecular weight excluding hydrogens is 487 g/mol. The topological polar surface area (TPSA) is 112 Å². The first-order chi connectivity index (χ1) is 18.5. The number of ether oxygens (including phenoxy) is 1. The minimum Gasteiger partial charge on any atom is -0.379 e. The molecule has 2 amide bonds. The molecule has 5 rings (SSSR count). The fourth-order valence-electron chi connectivity index (χ4n) is 4.31. The summed E-state index contributed by atoms with van der Waals surface area (Å²) in [6, 6.07) is 12.3. The summed E-state index contributed by atoms with van der Waals surface area (Å²) in [5.74, 6) is -0.809. The van der Waals surface area contributed by atoms with Crippen LogP contribution < -0.4 is 10.6 Å². The SMILES string of the molecule is CC(C(=O)Nc1cc(C2CC2)[nH]n1)c1cccc(-c2ccc(NC(=O)C=CCN3CCOCC3)c(F)n2)c1. The number of rotatable bonds is 9. The molecule has 10 heteroatoms. The van der Waals surface area contributed by atoms with E-state index in [0.29, 0.717) is 42.8 Å². The standard InChI is InChI=1S/C28H31FN6O3/c1-18(28(37)32-25-17-24(33-34-25)19-7-8-19)20-4-2-5-21(16-20)22-9-10-23(27(29)31-22)30-26(36)6-3-11-35-12-14-38-15-13-35/h2-6,9-10,16-19H,7-8,11-15H2,1H3,(H,30,36)(H2,32,33,34,37). The van der Waals surface area contributed by atoms with Gasteiger partial charge in [-0.1, -0.05) is 24.3 Å². The molecule has 0 radical (unpaired) electrons. The summed E-state index contributed by atoms with van der Waals surface area (Å²) >= 11 is 0. The van der Waals surface area contributed by atoms with E-state index in [4.69, 9.17) is 4.74 Å². The van der Waals surface area contributed by atoms with E-state index in [2.05, 4.69) is 30.7 Å². The van der Waals surface area contributed by atoms with Gasteiger partial charge in [0.2, 0.25) is 17.8 Å². The molecule has 2 aromatic heterocycles. The Hall–Kier alpha value is -3.89. The van der Waals surface area contributed by atoms with E-state index in [1.807, 2.05) is 31.2 Å². The third kappa shape index (κ3) is 6.51. The molecule has 38 heavy (non-hydrogen) atoms. The van der Waals surface area contributed by atoms with E-state index < -0.39 is 17.8 Å². The predicted octanol–water partition coefficient (Wildman–Crippen LogP) is 4.06. The zero-order valence-corrected chi connectivity index (χ0v) is 21.2. The van der Waals surface area contributed by atoms with Crippen molar-refractivity contribution >= 4 is 23.3 Å². The average Bonchev–Trinajstić information content (AvgIpc) is 3.68. The Morgan fingerprint density at radius 1 is 1.18 bits per heavy atom. The number of hydrogen-bond donors (Lipinski definition) is 3. The van der Waals surface area contributed by atoms with Crippen molar-refractivity contribution in [2.75, 3.05) is 43.5 Å². The summed E-state index contributed by atoms with van der Waals surface area (Å²) in [7, 11) is 0. The monoisotopic (exact) mass is 518 g/mol. The van der Waals surface area contributed by atoms with E-state index in [-0.39, 0.29) is 11.6 Å². The number of aromatic amines is 1. The molecule has 3 N–H and O–H groups in total. The molecule has 198 valence electrons. The van der Waals surface area contributed by atoms with Crippen LogP contribution in [0.1, 0.15) is 42.9 Å². The van der Waals surface area contributed by atoms with Crippen molar-refractivity contribution in [2.45, 2.75) is 31.6 Å². The number of hydrogen-bond acceptors (Lipinski definition) is 6. The summed E-state index contributed by atoms with van der Waals surface area (Å²) in [6.07, 6.45) is 5.44. The Kier molecular flexibility index (Phi) is 7.90. The molecule has 1 unspecified atom stereocenters. The molecule has 1 saturated carbocycles. The number of amides is 2. The van der Waals surface area contributed by atoms with Crippen molar-refractivity contribution in [3.8, 4) is 11.3 Å². The van der Waals surface area contributed by atoms with E-state index in [1.54, 1.807) is 18.2 Å². The van der Waals surface area contributed by atoms with Gasteiger partial charge in [0.15, 0.2) is 5.82 Å². The van der Waals surface area contributed by atoms with Crippen LogP contribution in [-0.4, -0.2) is 64.7 Å². The first-order valence-corrected chi connectivity index (χ1v) is 12.9. The lowest BCUT2D eigenvalue weighted by Crippen LogP contribution is -2.36. The third-order valence-electron chi connectivity index (χ3n) is 6.78. The highest BCUT2D eigenvalue weighted by molar-refractivity contribution is 5.99. The normalized spacial score (nSPS) is 16.9. The molecule has 3 aromatic rings. The highest BCUT2D eigenvalue weighted by Gasteiger charge is 2.26. The highest BCUT2D eigenvalue weighted by atomic mass is 19.1. The van der Waals surface area contributed by atoms with Crippen LogP contribution >= 0.6 is 0 Å². The number of pyridine rings is 1. The van der Waals surface area contributed by atoms with Gasteiger partial charge >= 0.3 is 0 Å². The number of anilines is 2. The molecular formula is C28H31FN6O3. The maximum Gasteiger partial charge on any atom is 0.248 e. The Morgan fingerprint density at radius 3 is 2.76 bits per heavy atom. The largest absolute Gasteiger partial charge is 0.379 e. The van der Waals surface area contributed by atoms with E-state index in [0.717, 1.165) is 37.2 Å². The Labute approximate surface area is 220 Å². The number of carbonyl (C=O) groups excluding carboxylic acids is 2. The zero-order valence-electron chi connectivity index (χ0n) is 21.2. The van der Waals surface area contributed by atoms with Crippen molar-refractivity contribution in [1.82, 2.24) is 20.1 Å². The van der Waals surface area contributed by atoms with Crippen molar-refractivity contribution < 1.29 is 18.7 Å². The third-order valence-corrected chi connectivity index (χ3v) is 6.78. The first kappa shape index (κ1) is 25.7. The summed E-state index contributed by atoms with van der Waals surface area (Å²) in [5.41, 5.74) is 2.89. The molecule has 1 saturated heterocycles. The van der Waals surface area contributed by atoms with Gasteiger partial charge in [-0.2, -0.15) is 9.49 Å². The molecule has 0 spiro atoms. The van der Waals surface area contributed by atoms with E-state index >= 15 is 0 Å². The number of halogens is 1. The van der Waals surface area contributed by atoms with Gasteiger partial charge in [-0.05, 0) is 43.5 Å². The van der Waals surface area contributed by atoms with Gasteiger partial charge in [0.05, 0.1) is 30.5 Å². The summed E-state index contributed by atoms with van der Waals surface area (Å²) in [4.78, 5) is 31.3. The fraction of sp³-hybridized carbons (Fsp3) is 0.357. The van der Waals surface area contributed by atoms with Crippen LogP contribution in [0.5, 0.6) is 0 Å². The lowest BCUT2D eigenvalue weighted by atomic mass is 9.97. The molecule has 9 nitrogen and oxygen atoms in total. The van der Waals surface area contributed by atoms with Gasteiger partial charge < -0.3 is 15.4 Å². The second kappa shape index (κ2) is 11.7. The van der Waals surface area contributed by atoms with Gasteiger partial charge in [-0.25, -0.2) is 4.98 Å². The number of nitrogens with zero attached hydrogens (tertiary/aromatic N) is 3. The number of H-pyrrole nitrogens is 1. The van der Waals surface area contributed by atoms with Crippen LogP contribution in [0.2, 0.25) is 0 Å². The molecule has 1 aliphatic heterocycles. The maximum absolute atomic E-state index is 14.8. The van der Waals surface area contributed by atoms with Crippen LogP contribution in [0.25, 0.3) is 11.3 Å². The second-order valence-electron chi connectivity index (χ2n) is 9.66. The maximum atomic E-state index is 14.8. The number of carbonyl (C=O) groups is 2. The van der Waals surface area contributed by atoms with Crippen LogP contribution in [-0.2, 0) is 14.3 Å². The lowest BCUT2D eigenvalue weighted by Gasteiger charge is -2.25. The fourth-order valence-corrected chi connectivity index (χ4v) is 4.31. The van der Waals surface area contributed by atoms with Crippen LogP contribution in [0, 0.1) is 5.95 Å². The predicted molar refractivity (Wildman–Crippen MR) is 142 cm³/mol. The molecule has 1 aliphatic carbocycles. The number of morpholine rings is 1. The molecule has 1 aromatic carbocycles. The molecule has 2 fully saturated rings. The van der Waals surface area contributed by atoms with Gasteiger partial charge in [0, 0.05) is 49.0 Å². The average molecular weight is 519 g/mol. The van der Waals surface area contributed by atoms with Gasteiger partial charge in [0.25, 0.3) is 0 Å². The van der Waals surface area contributed by atoms with Crippen LogP contribution in [0.4, 0.5) is 15.9 Å². The zero-order chi connectivity index (χ0) is 26.5. The number of benzene rings is 1. The minimum absolute atomic E-state index is 0.00300. The summed E-state index contributed by atoms with van der Waals surface area (Å²) in [5, 5.41) is 12.6. The van der Waals surface area contributed by atoms with E-state index in [9.17, 15) is 14.0 Å². The summed E-state index contributed by atoms with van der Waals surface area (Å²) < 4.78 is 20.1. The van der Waals surface area contributed by atoms with E-state index in [1.165, 1.54) is 12.1 Å². The van der Waals surface area contributed by atoms with Gasteiger partial charge in [0.1, 0.15) is 0 Å². The molecule has 1 atom stereocenters. The quantitative estimate of drug-likeness (QED) is 0.291. The lowest BCUT2D eigenvalue weighted by molar-refractivity contribution is -0.117. The Bertz CT molecular complexity index is 1330. The molecule has 3 heterocycles. The van der Waals surface area contributed by atoms with Crippen molar-refractivity contribution in [3.05, 3.63) is 71.8 Å². The smallest absolute Gasteiger partial charge is 0.248 e. The summed E-state index contributed by atoms with van der Waals surface area (Å²) in [6.45, 7) is 5.45. The molecule has 2 aliphatic rings. The van der Waals surface area contributed by atoms with Crippen molar-refractivity contribution in [3.63, 3.8) is 0 Å². The van der Waals surface area contributed by atoms with Crippen LogP contribution in [0.15, 0.2) is 54.6 Å². The van der Waals surface area contributed by atoms with Gasteiger partial charge in [-0.15, -0.1) is 0 Å². The highest BCUT2D eigenvalue weighted by Crippen LogP contribution is 2.39.